The highest BCUT2D eigenvalue weighted by Crippen LogP contribution is 2.15. The highest BCUT2D eigenvalue weighted by Gasteiger charge is 2.07. The SMILES string of the molecule is O=C(CCn1nc(-c2ccc(F)cc2)ccc1=O)NCc1cccc(Br)c1. The van der Waals surface area contributed by atoms with Crippen LogP contribution < -0.4 is 10.9 Å². The zero-order valence-electron chi connectivity index (χ0n) is 14.4. The van der Waals surface area contributed by atoms with Gasteiger partial charge in [0.1, 0.15) is 5.82 Å². The first-order chi connectivity index (χ1) is 13.0. The van der Waals surface area contributed by atoms with Gasteiger partial charge in [0.2, 0.25) is 5.91 Å². The van der Waals surface area contributed by atoms with Gasteiger partial charge in [-0.3, -0.25) is 9.59 Å². The molecule has 7 heteroatoms. The van der Waals surface area contributed by atoms with Crippen molar-refractivity contribution < 1.29 is 9.18 Å². The number of carbonyl (C=O) groups excluding carboxylic acids is 1. The monoisotopic (exact) mass is 429 g/mol. The minimum absolute atomic E-state index is 0.133. The van der Waals surface area contributed by atoms with E-state index < -0.39 is 0 Å². The van der Waals surface area contributed by atoms with E-state index in [-0.39, 0.29) is 30.2 Å². The summed E-state index contributed by atoms with van der Waals surface area (Å²) in [6.45, 7) is 0.578. The van der Waals surface area contributed by atoms with Crippen LogP contribution >= 0.6 is 15.9 Å². The van der Waals surface area contributed by atoms with Gasteiger partial charge in [0.25, 0.3) is 5.56 Å². The average molecular weight is 430 g/mol. The lowest BCUT2D eigenvalue weighted by Crippen LogP contribution is -2.28. The van der Waals surface area contributed by atoms with Crippen LogP contribution in [0.15, 0.2) is 69.9 Å². The van der Waals surface area contributed by atoms with Crippen molar-refractivity contribution in [3.8, 4) is 11.3 Å². The molecule has 0 bridgehead atoms. The molecule has 0 aliphatic rings. The van der Waals surface area contributed by atoms with Crippen LogP contribution in [0.1, 0.15) is 12.0 Å². The smallest absolute Gasteiger partial charge is 0.266 e. The molecule has 0 unspecified atom stereocenters. The fourth-order valence-electron chi connectivity index (χ4n) is 2.53. The maximum Gasteiger partial charge on any atom is 0.266 e. The van der Waals surface area contributed by atoms with E-state index in [1.54, 1.807) is 18.2 Å². The van der Waals surface area contributed by atoms with Gasteiger partial charge >= 0.3 is 0 Å². The second-order valence-corrected chi connectivity index (χ2v) is 6.86. The summed E-state index contributed by atoms with van der Waals surface area (Å²) in [4.78, 5) is 24.1. The first-order valence-electron chi connectivity index (χ1n) is 8.36. The first kappa shape index (κ1) is 19.0. The molecule has 27 heavy (non-hydrogen) atoms. The molecule has 1 N–H and O–H groups in total. The van der Waals surface area contributed by atoms with E-state index in [2.05, 4.69) is 26.3 Å². The van der Waals surface area contributed by atoms with E-state index in [1.165, 1.54) is 22.9 Å². The Kier molecular flexibility index (Phi) is 6.13. The summed E-state index contributed by atoms with van der Waals surface area (Å²) in [5.74, 6) is -0.509. The Balaban J connectivity index is 1.61. The van der Waals surface area contributed by atoms with Crippen molar-refractivity contribution in [1.29, 1.82) is 0 Å². The van der Waals surface area contributed by atoms with Crippen LogP contribution in [0.3, 0.4) is 0 Å². The molecule has 1 heterocycles. The highest BCUT2D eigenvalue weighted by atomic mass is 79.9. The fourth-order valence-corrected chi connectivity index (χ4v) is 2.97. The fraction of sp³-hybridized carbons (Fsp3) is 0.150. The second kappa shape index (κ2) is 8.73. The molecule has 0 saturated heterocycles. The number of aryl methyl sites for hydroxylation is 1. The molecule has 5 nitrogen and oxygen atoms in total. The van der Waals surface area contributed by atoms with Crippen LogP contribution in [-0.4, -0.2) is 15.7 Å². The van der Waals surface area contributed by atoms with Crippen LogP contribution in [0.2, 0.25) is 0 Å². The third-order valence-corrected chi connectivity index (χ3v) is 4.43. The van der Waals surface area contributed by atoms with Gasteiger partial charge in [-0.15, -0.1) is 0 Å². The van der Waals surface area contributed by atoms with Gasteiger partial charge in [-0.05, 0) is 48.0 Å². The highest BCUT2D eigenvalue weighted by molar-refractivity contribution is 9.10. The number of rotatable bonds is 6. The largest absolute Gasteiger partial charge is 0.352 e. The molecule has 0 aliphatic carbocycles. The van der Waals surface area contributed by atoms with Crippen molar-refractivity contribution in [3.05, 3.63) is 86.9 Å². The van der Waals surface area contributed by atoms with Gasteiger partial charge in [-0.25, -0.2) is 9.07 Å². The molecular weight excluding hydrogens is 413 g/mol. The molecule has 0 saturated carbocycles. The van der Waals surface area contributed by atoms with Gasteiger partial charge in [0.15, 0.2) is 0 Å². The van der Waals surface area contributed by atoms with Crippen LogP contribution in [0.25, 0.3) is 11.3 Å². The third-order valence-electron chi connectivity index (χ3n) is 3.94. The average Bonchev–Trinajstić information content (AvgIpc) is 2.66. The molecule has 2 aromatic carbocycles. The summed E-state index contributed by atoms with van der Waals surface area (Å²) in [5.41, 5.74) is 1.93. The Morgan fingerprint density at radius 2 is 1.89 bits per heavy atom. The third kappa shape index (κ3) is 5.34. The molecule has 0 atom stereocenters. The lowest BCUT2D eigenvalue weighted by Gasteiger charge is -2.08. The summed E-state index contributed by atoms with van der Waals surface area (Å²) in [5, 5.41) is 7.09. The van der Waals surface area contributed by atoms with Crippen LogP contribution in [0.4, 0.5) is 4.39 Å². The standard InChI is InChI=1S/C20H17BrFN3O2/c21-16-3-1-2-14(12-16)13-23-19(26)10-11-25-20(27)9-8-18(24-25)15-4-6-17(22)7-5-15/h1-9,12H,10-11,13H2,(H,23,26). The number of carbonyl (C=O) groups is 1. The Hall–Kier alpha value is -2.80. The van der Waals surface area contributed by atoms with Crippen molar-refractivity contribution in [2.24, 2.45) is 0 Å². The quantitative estimate of drug-likeness (QED) is 0.651. The van der Waals surface area contributed by atoms with Crippen molar-refractivity contribution in [1.82, 2.24) is 15.1 Å². The molecular formula is C20H17BrFN3O2. The number of halogens is 2. The molecule has 1 aromatic heterocycles. The van der Waals surface area contributed by atoms with Crippen LogP contribution in [0, 0.1) is 5.82 Å². The number of hydrogen-bond donors (Lipinski definition) is 1. The van der Waals surface area contributed by atoms with E-state index in [9.17, 15) is 14.0 Å². The lowest BCUT2D eigenvalue weighted by molar-refractivity contribution is -0.121. The molecule has 0 fully saturated rings. The van der Waals surface area contributed by atoms with E-state index in [0.717, 1.165) is 10.0 Å². The van der Waals surface area contributed by atoms with Crippen LogP contribution in [-0.2, 0) is 17.9 Å². The van der Waals surface area contributed by atoms with E-state index in [0.29, 0.717) is 17.8 Å². The molecule has 1 amide bonds. The lowest BCUT2D eigenvalue weighted by atomic mass is 10.1. The molecule has 0 radical (unpaired) electrons. The minimum Gasteiger partial charge on any atom is -0.352 e. The number of nitrogens with zero attached hydrogens (tertiary/aromatic N) is 2. The van der Waals surface area contributed by atoms with E-state index >= 15 is 0 Å². The normalized spacial score (nSPS) is 10.6. The topological polar surface area (TPSA) is 64.0 Å². The van der Waals surface area contributed by atoms with Crippen molar-refractivity contribution >= 4 is 21.8 Å². The predicted molar refractivity (Wildman–Crippen MR) is 104 cm³/mol. The summed E-state index contributed by atoms with van der Waals surface area (Å²) in [7, 11) is 0. The number of nitrogens with one attached hydrogen (secondary N) is 1. The predicted octanol–water partition coefficient (Wildman–Crippen LogP) is 3.52. The van der Waals surface area contributed by atoms with E-state index in [4.69, 9.17) is 0 Å². The van der Waals surface area contributed by atoms with Gasteiger partial charge in [0, 0.05) is 29.1 Å². The molecule has 0 spiro atoms. The zero-order chi connectivity index (χ0) is 19.2. The number of amides is 1. The molecule has 138 valence electrons. The summed E-state index contributed by atoms with van der Waals surface area (Å²) in [6.07, 6.45) is 0.133. The Labute approximate surface area is 164 Å². The van der Waals surface area contributed by atoms with Gasteiger partial charge in [-0.2, -0.15) is 5.10 Å². The Morgan fingerprint density at radius 3 is 2.63 bits per heavy atom. The summed E-state index contributed by atoms with van der Waals surface area (Å²) in [6, 6.07) is 16.5. The summed E-state index contributed by atoms with van der Waals surface area (Å²) >= 11 is 3.39. The first-order valence-corrected chi connectivity index (χ1v) is 9.16. The summed E-state index contributed by atoms with van der Waals surface area (Å²) < 4.78 is 15.2. The molecule has 3 rings (SSSR count). The maximum atomic E-state index is 13.1. The van der Waals surface area contributed by atoms with Crippen molar-refractivity contribution in [2.75, 3.05) is 0 Å². The van der Waals surface area contributed by atoms with E-state index in [1.807, 2.05) is 24.3 Å². The van der Waals surface area contributed by atoms with Gasteiger partial charge in [-0.1, -0.05) is 28.1 Å². The number of aromatic nitrogens is 2. The van der Waals surface area contributed by atoms with Crippen molar-refractivity contribution in [2.45, 2.75) is 19.5 Å². The zero-order valence-corrected chi connectivity index (χ0v) is 15.9. The molecule has 0 aliphatic heterocycles. The second-order valence-electron chi connectivity index (χ2n) is 5.94. The number of hydrogen-bond acceptors (Lipinski definition) is 3. The minimum atomic E-state index is -0.339. The Bertz CT molecular complexity index is 1000. The van der Waals surface area contributed by atoms with Gasteiger partial charge < -0.3 is 5.32 Å². The maximum absolute atomic E-state index is 13.1. The number of benzene rings is 2. The molecule has 3 aromatic rings. The van der Waals surface area contributed by atoms with Gasteiger partial charge in [0.05, 0.1) is 12.2 Å². The van der Waals surface area contributed by atoms with Crippen LogP contribution in [0.5, 0.6) is 0 Å². The van der Waals surface area contributed by atoms with Crippen molar-refractivity contribution in [3.63, 3.8) is 0 Å². The Morgan fingerprint density at radius 1 is 1.11 bits per heavy atom.